The highest BCUT2D eigenvalue weighted by Crippen LogP contribution is 2.37. The lowest BCUT2D eigenvalue weighted by Crippen LogP contribution is -2.54. The molecule has 5 amide bonds. The Hall–Kier alpha value is -7.32. The van der Waals surface area contributed by atoms with Crippen LogP contribution in [0.3, 0.4) is 0 Å². The van der Waals surface area contributed by atoms with E-state index >= 15 is 4.39 Å². The molecule has 8 rings (SSSR count). The van der Waals surface area contributed by atoms with Gasteiger partial charge in [0.05, 0.1) is 94.1 Å². The molecule has 1 fully saturated rings. The number of nitrogens with one attached hydrogen (secondary N) is 3. The van der Waals surface area contributed by atoms with Gasteiger partial charge < -0.3 is 39.1 Å². The van der Waals surface area contributed by atoms with Crippen LogP contribution in [0.15, 0.2) is 84.0 Å². The van der Waals surface area contributed by atoms with E-state index in [-0.39, 0.29) is 99.9 Å². The molecule has 1 saturated heterocycles. The van der Waals surface area contributed by atoms with Crippen molar-refractivity contribution in [3.8, 4) is 28.5 Å². The fourth-order valence-corrected chi connectivity index (χ4v) is 8.05. The number of ether oxygens (including phenoxy) is 6. The largest absolute Gasteiger partial charge is 0.496 e. The Balaban J connectivity index is 0.745. The van der Waals surface area contributed by atoms with Crippen LogP contribution in [-0.2, 0) is 30.3 Å². The zero-order valence-electron chi connectivity index (χ0n) is 36.9. The molecule has 0 spiro atoms. The van der Waals surface area contributed by atoms with E-state index in [4.69, 9.17) is 50.0 Å². The molecule has 3 N–H and O–H groups in total. The number of carbonyl (C=O) groups excluding carboxylic acids is 5. The fourth-order valence-electron chi connectivity index (χ4n) is 7.88. The molecule has 20 heteroatoms. The van der Waals surface area contributed by atoms with Gasteiger partial charge in [-0.2, -0.15) is 0 Å². The van der Waals surface area contributed by atoms with Crippen LogP contribution in [0.25, 0.3) is 11.3 Å². The number of carbonyl (C=O) groups is 5. The van der Waals surface area contributed by atoms with Crippen molar-refractivity contribution in [1.29, 1.82) is 0 Å². The number of aromatic nitrogens is 2. The van der Waals surface area contributed by atoms with Crippen molar-refractivity contribution in [2.75, 3.05) is 72.3 Å². The van der Waals surface area contributed by atoms with Gasteiger partial charge >= 0.3 is 0 Å². The number of amides is 5. The summed E-state index contributed by atoms with van der Waals surface area (Å²) in [5.41, 5.74) is 4.24. The van der Waals surface area contributed by atoms with Crippen LogP contribution in [0.5, 0.6) is 17.2 Å². The molecule has 18 nitrogen and oxygen atoms in total. The molecule has 352 valence electrons. The third kappa shape index (κ3) is 10.3. The maximum atomic E-state index is 15.3. The number of benzene rings is 4. The number of piperidine rings is 1. The van der Waals surface area contributed by atoms with Gasteiger partial charge in [-0.15, -0.1) is 0 Å². The Bertz CT molecular complexity index is 2810. The highest BCUT2D eigenvalue weighted by Gasteiger charge is 2.46. The van der Waals surface area contributed by atoms with Crippen molar-refractivity contribution in [3.63, 3.8) is 0 Å². The first kappa shape index (κ1) is 47.2. The van der Waals surface area contributed by atoms with Crippen molar-refractivity contribution in [2.24, 2.45) is 4.99 Å². The molecule has 0 bridgehead atoms. The van der Waals surface area contributed by atoms with E-state index in [0.29, 0.717) is 56.9 Å². The Kier molecular flexibility index (Phi) is 14.9. The van der Waals surface area contributed by atoms with Gasteiger partial charge in [-0.3, -0.25) is 39.2 Å². The molecule has 0 saturated carbocycles. The maximum absolute atomic E-state index is 15.3. The van der Waals surface area contributed by atoms with Gasteiger partial charge in [-0.25, -0.2) is 14.4 Å². The van der Waals surface area contributed by atoms with Gasteiger partial charge in [0.15, 0.2) is 0 Å². The molecular formula is C48H45ClFN7O11. The second-order valence-corrected chi connectivity index (χ2v) is 15.8. The minimum atomic E-state index is -1.07. The Morgan fingerprint density at radius 3 is 2.31 bits per heavy atom. The van der Waals surface area contributed by atoms with Crippen LogP contribution in [0, 0.1) is 5.82 Å². The molecule has 1 unspecified atom stereocenters. The lowest BCUT2D eigenvalue weighted by Gasteiger charge is -2.27. The number of rotatable bonds is 20. The Morgan fingerprint density at radius 2 is 1.54 bits per heavy atom. The van der Waals surface area contributed by atoms with E-state index in [1.54, 1.807) is 60.8 Å². The van der Waals surface area contributed by atoms with Crippen LogP contribution in [0.2, 0.25) is 5.02 Å². The van der Waals surface area contributed by atoms with Crippen molar-refractivity contribution >= 4 is 58.5 Å². The number of imide groups is 2. The number of nitrogens with zero attached hydrogens (tertiary/aromatic N) is 4. The summed E-state index contributed by atoms with van der Waals surface area (Å²) in [4.78, 5) is 78.3. The first-order valence-corrected chi connectivity index (χ1v) is 21.9. The number of anilines is 2. The minimum Gasteiger partial charge on any atom is -0.496 e. The van der Waals surface area contributed by atoms with Crippen LogP contribution >= 0.6 is 11.6 Å². The molecule has 0 aliphatic carbocycles. The van der Waals surface area contributed by atoms with Gasteiger partial charge in [-0.1, -0.05) is 29.8 Å². The van der Waals surface area contributed by atoms with E-state index in [9.17, 15) is 24.0 Å². The summed E-state index contributed by atoms with van der Waals surface area (Å²) in [6.07, 6.45) is 1.75. The third-order valence-corrected chi connectivity index (χ3v) is 11.3. The first-order chi connectivity index (χ1) is 33.1. The maximum Gasteiger partial charge on any atom is 0.266 e. The number of methoxy groups -OCH3 is 2. The summed E-state index contributed by atoms with van der Waals surface area (Å²) in [6, 6.07) is 18.4. The molecule has 3 aliphatic heterocycles. The molecule has 5 aromatic rings. The molecule has 3 aliphatic rings. The highest BCUT2D eigenvalue weighted by atomic mass is 35.5. The van der Waals surface area contributed by atoms with Gasteiger partial charge in [-0.05, 0) is 55.0 Å². The first-order valence-electron chi connectivity index (χ1n) is 21.5. The second kappa shape index (κ2) is 21.5. The fraction of sp³-hybridized carbons (Fsp3) is 0.292. The van der Waals surface area contributed by atoms with Crippen molar-refractivity contribution in [1.82, 2.24) is 25.5 Å². The van der Waals surface area contributed by atoms with Crippen molar-refractivity contribution in [3.05, 3.63) is 123 Å². The van der Waals surface area contributed by atoms with Gasteiger partial charge in [0.25, 0.3) is 17.7 Å². The monoisotopic (exact) mass is 949 g/mol. The van der Waals surface area contributed by atoms with Crippen molar-refractivity contribution < 1.29 is 56.8 Å². The lowest BCUT2D eigenvalue weighted by molar-refractivity contribution is -0.136. The van der Waals surface area contributed by atoms with E-state index in [1.165, 1.54) is 26.4 Å². The van der Waals surface area contributed by atoms with E-state index in [2.05, 4.69) is 20.9 Å². The second-order valence-electron chi connectivity index (χ2n) is 15.3. The van der Waals surface area contributed by atoms with E-state index in [1.807, 2.05) is 6.07 Å². The van der Waals surface area contributed by atoms with Crippen LogP contribution in [0.1, 0.15) is 60.6 Å². The summed E-state index contributed by atoms with van der Waals surface area (Å²) in [7, 11) is 2.94. The number of halogens is 2. The summed E-state index contributed by atoms with van der Waals surface area (Å²) in [5.74, 6) is -2.14. The summed E-state index contributed by atoms with van der Waals surface area (Å²) < 4.78 is 48.8. The van der Waals surface area contributed by atoms with E-state index < -0.39 is 35.5 Å². The molecule has 4 aromatic carbocycles. The Morgan fingerprint density at radius 1 is 0.809 bits per heavy atom. The average Bonchev–Trinajstić information content (AvgIpc) is 3.48. The smallest absolute Gasteiger partial charge is 0.266 e. The SMILES string of the molecule is COc1cc(Nc2ncc3c(n2)-c2ccc(Cl)cc2C(c2c(F)cccc2OC)=NC3)ccc1C(=O)NCCOCCOCCOCCOc1cccc2c1C(=O)N(C1CCC(=O)NC1=O)C2=O. The van der Waals surface area contributed by atoms with Gasteiger partial charge in [0, 0.05) is 52.6 Å². The molecule has 68 heavy (non-hydrogen) atoms. The zero-order chi connectivity index (χ0) is 47.7. The molecule has 4 heterocycles. The normalized spacial score (nSPS) is 15.1. The summed E-state index contributed by atoms with van der Waals surface area (Å²) in [6.45, 7) is 2.02. The van der Waals surface area contributed by atoms with Crippen LogP contribution < -0.4 is 30.2 Å². The van der Waals surface area contributed by atoms with Crippen LogP contribution in [-0.4, -0.2) is 123 Å². The number of fused-ring (bicyclic) bond motifs is 4. The third-order valence-electron chi connectivity index (χ3n) is 11.1. The van der Waals surface area contributed by atoms with Crippen LogP contribution in [0.4, 0.5) is 16.0 Å². The predicted octanol–water partition coefficient (Wildman–Crippen LogP) is 5.31. The molecule has 0 radical (unpaired) electrons. The number of hydrogen-bond donors (Lipinski definition) is 3. The van der Waals surface area contributed by atoms with E-state index in [0.717, 1.165) is 10.5 Å². The number of hydrogen-bond acceptors (Lipinski definition) is 15. The summed E-state index contributed by atoms with van der Waals surface area (Å²) >= 11 is 6.44. The lowest BCUT2D eigenvalue weighted by atomic mass is 9.94. The topological polar surface area (TPSA) is 218 Å². The highest BCUT2D eigenvalue weighted by molar-refractivity contribution is 6.32. The Labute approximate surface area is 394 Å². The molecular weight excluding hydrogens is 905 g/mol. The molecule has 1 atom stereocenters. The summed E-state index contributed by atoms with van der Waals surface area (Å²) in [5, 5.41) is 8.64. The average molecular weight is 950 g/mol. The standard InChI is InChI=1S/C48H45ClFN7O11/c1-63-36-7-4-6-34(50)41(36)43-33-23-28(49)9-11-30(33)42-27(25-52-43)26-53-48(56-42)54-29-10-12-31(38(24-29)64-2)44(59)51-15-16-65-17-18-66-19-20-67-21-22-68-37-8-3-5-32-40(37)47(62)57(46(32)61)35-13-14-39(58)55-45(35)60/h3-12,23-24,26,35H,13-22,25H2,1-2H3,(H,51,59)(H,53,54,56)(H,55,58,60). The molecule has 1 aromatic heterocycles. The van der Waals surface area contributed by atoms with Gasteiger partial charge in [0.1, 0.15) is 35.7 Å². The predicted molar refractivity (Wildman–Crippen MR) is 244 cm³/mol. The van der Waals surface area contributed by atoms with Crippen molar-refractivity contribution in [2.45, 2.75) is 25.4 Å². The quantitative estimate of drug-likeness (QED) is 0.0666. The van der Waals surface area contributed by atoms with Gasteiger partial charge in [0.2, 0.25) is 17.8 Å². The number of aliphatic imine (C=N–C) groups is 1. The minimum absolute atomic E-state index is 0.0272. The zero-order valence-corrected chi connectivity index (χ0v) is 37.7.